The van der Waals surface area contributed by atoms with Crippen LogP contribution in [0.5, 0.6) is 0 Å². The molecule has 0 fully saturated rings. The molecule has 0 saturated carbocycles. The van der Waals surface area contributed by atoms with E-state index in [4.69, 9.17) is 0 Å². The second-order valence-electron chi connectivity index (χ2n) is 7.09. The zero-order valence-corrected chi connectivity index (χ0v) is 16.6. The monoisotopic (exact) mass is 406 g/mol. The Morgan fingerprint density at radius 1 is 1.23 bits per heavy atom. The van der Waals surface area contributed by atoms with E-state index in [0.29, 0.717) is 17.9 Å². The zero-order chi connectivity index (χ0) is 20.9. The summed E-state index contributed by atoms with van der Waals surface area (Å²) in [6.07, 6.45) is 4.89. The maximum Gasteiger partial charge on any atom is 0.315 e. The molecule has 7 nitrogen and oxygen atoms in total. The number of hydrogen-bond acceptors (Lipinski definition) is 3. The molecular weight excluding hydrogens is 383 g/mol. The predicted molar refractivity (Wildman–Crippen MR) is 112 cm³/mol. The number of aromatic nitrogens is 4. The van der Waals surface area contributed by atoms with Crippen molar-refractivity contribution in [2.45, 2.75) is 18.9 Å². The number of rotatable bonds is 7. The smallest absolute Gasteiger partial charge is 0.315 e. The van der Waals surface area contributed by atoms with Gasteiger partial charge in [-0.25, -0.2) is 19.2 Å². The third kappa shape index (κ3) is 4.48. The Hall–Kier alpha value is -3.68. The molecule has 0 saturated heterocycles. The van der Waals surface area contributed by atoms with Gasteiger partial charge in [-0.3, -0.25) is 0 Å². The number of nitrogens with zero attached hydrogens (tertiary/aromatic N) is 3. The fourth-order valence-electron chi connectivity index (χ4n) is 3.40. The van der Waals surface area contributed by atoms with Crippen LogP contribution >= 0.6 is 0 Å². The molecule has 2 aromatic heterocycles. The summed E-state index contributed by atoms with van der Waals surface area (Å²) < 4.78 is 15.5. The van der Waals surface area contributed by atoms with Crippen molar-refractivity contribution in [3.63, 3.8) is 0 Å². The SMILES string of the molecule is Cn1ccnc1C(NC(=O)NCCCc1nc2ccccc2[nH]1)c1cccc(F)c1. The number of H-pyrrole nitrogens is 1. The molecule has 3 N–H and O–H groups in total. The molecule has 0 aliphatic heterocycles. The lowest BCUT2D eigenvalue weighted by Crippen LogP contribution is -2.39. The van der Waals surface area contributed by atoms with E-state index >= 15 is 0 Å². The van der Waals surface area contributed by atoms with Gasteiger partial charge in [0, 0.05) is 32.4 Å². The van der Waals surface area contributed by atoms with Crippen LogP contribution in [-0.4, -0.2) is 32.1 Å². The van der Waals surface area contributed by atoms with Crippen LogP contribution < -0.4 is 10.6 Å². The number of hydrogen-bond donors (Lipinski definition) is 3. The van der Waals surface area contributed by atoms with Crippen LogP contribution in [0.3, 0.4) is 0 Å². The second-order valence-corrected chi connectivity index (χ2v) is 7.09. The molecule has 2 amide bonds. The lowest BCUT2D eigenvalue weighted by atomic mass is 10.1. The molecule has 4 aromatic rings. The molecule has 0 spiro atoms. The topological polar surface area (TPSA) is 87.6 Å². The predicted octanol–water partition coefficient (Wildman–Crippen LogP) is 3.46. The van der Waals surface area contributed by atoms with Gasteiger partial charge in [0.2, 0.25) is 0 Å². The Kier molecular flexibility index (Phi) is 5.74. The summed E-state index contributed by atoms with van der Waals surface area (Å²) >= 11 is 0. The molecule has 30 heavy (non-hydrogen) atoms. The van der Waals surface area contributed by atoms with Crippen molar-refractivity contribution in [2.75, 3.05) is 6.54 Å². The Morgan fingerprint density at radius 2 is 2.10 bits per heavy atom. The Bertz CT molecular complexity index is 1120. The Morgan fingerprint density at radius 3 is 2.87 bits per heavy atom. The number of aryl methyl sites for hydroxylation is 2. The molecule has 2 aromatic carbocycles. The van der Waals surface area contributed by atoms with Crippen LogP contribution in [0.1, 0.15) is 29.7 Å². The number of halogens is 1. The minimum Gasteiger partial charge on any atom is -0.342 e. The number of urea groups is 1. The standard InChI is InChI=1S/C22H23FN6O/c1-29-13-12-24-21(29)20(15-6-4-7-16(23)14-15)28-22(30)25-11-5-10-19-26-17-8-2-3-9-18(17)27-19/h2-4,6-9,12-14,20H,5,10-11H2,1H3,(H,26,27)(H2,25,28,30). The Labute approximate surface area is 173 Å². The molecule has 8 heteroatoms. The summed E-state index contributed by atoms with van der Waals surface area (Å²) in [6, 6.07) is 13.1. The van der Waals surface area contributed by atoms with Gasteiger partial charge in [0.25, 0.3) is 0 Å². The van der Waals surface area contributed by atoms with Crippen LogP contribution in [-0.2, 0) is 13.5 Å². The summed E-state index contributed by atoms with van der Waals surface area (Å²) in [6.45, 7) is 0.485. The summed E-state index contributed by atoms with van der Waals surface area (Å²) in [4.78, 5) is 24.6. The fraction of sp³-hybridized carbons (Fsp3) is 0.227. The van der Waals surface area contributed by atoms with Crippen LogP contribution in [0.15, 0.2) is 60.9 Å². The van der Waals surface area contributed by atoms with E-state index in [1.807, 2.05) is 31.3 Å². The Balaban J connectivity index is 1.35. The summed E-state index contributed by atoms with van der Waals surface area (Å²) in [5.41, 5.74) is 2.57. The van der Waals surface area contributed by atoms with Gasteiger partial charge in [-0.2, -0.15) is 0 Å². The second kappa shape index (κ2) is 8.77. The number of fused-ring (bicyclic) bond motifs is 1. The third-order valence-corrected chi connectivity index (χ3v) is 4.89. The van der Waals surface area contributed by atoms with Crippen LogP contribution in [0, 0.1) is 5.82 Å². The van der Waals surface area contributed by atoms with Crippen molar-refractivity contribution >= 4 is 17.1 Å². The molecule has 4 rings (SSSR count). The van der Waals surface area contributed by atoms with Gasteiger partial charge in [-0.05, 0) is 36.2 Å². The summed E-state index contributed by atoms with van der Waals surface area (Å²) in [5.74, 6) is 1.15. The average molecular weight is 406 g/mol. The van der Waals surface area contributed by atoms with E-state index in [0.717, 1.165) is 29.7 Å². The van der Waals surface area contributed by atoms with E-state index in [-0.39, 0.29) is 11.8 Å². The third-order valence-electron chi connectivity index (χ3n) is 4.89. The minimum absolute atomic E-state index is 0.336. The molecule has 0 aliphatic rings. The van der Waals surface area contributed by atoms with Gasteiger partial charge >= 0.3 is 6.03 Å². The number of carbonyl (C=O) groups excluding carboxylic acids is 1. The first-order valence-electron chi connectivity index (χ1n) is 9.81. The molecule has 0 radical (unpaired) electrons. The van der Waals surface area contributed by atoms with Gasteiger partial charge in [0.05, 0.1) is 11.0 Å². The van der Waals surface area contributed by atoms with Gasteiger partial charge in [-0.15, -0.1) is 0 Å². The van der Waals surface area contributed by atoms with E-state index in [2.05, 4.69) is 25.6 Å². The lowest BCUT2D eigenvalue weighted by molar-refractivity contribution is 0.238. The number of benzene rings is 2. The number of para-hydroxylation sites is 2. The fourth-order valence-corrected chi connectivity index (χ4v) is 3.40. The van der Waals surface area contributed by atoms with E-state index in [1.54, 1.807) is 29.1 Å². The number of carbonyl (C=O) groups is 1. The van der Waals surface area contributed by atoms with Crippen molar-refractivity contribution in [1.29, 1.82) is 0 Å². The van der Waals surface area contributed by atoms with Crippen molar-refractivity contribution in [3.05, 3.63) is 84.0 Å². The van der Waals surface area contributed by atoms with Crippen molar-refractivity contribution in [1.82, 2.24) is 30.2 Å². The molecule has 2 heterocycles. The van der Waals surface area contributed by atoms with E-state index in [1.165, 1.54) is 12.1 Å². The van der Waals surface area contributed by atoms with Gasteiger partial charge in [-0.1, -0.05) is 24.3 Å². The van der Waals surface area contributed by atoms with Crippen LogP contribution in [0.2, 0.25) is 0 Å². The highest BCUT2D eigenvalue weighted by molar-refractivity contribution is 5.75. The van der Waals surface area contributed by atoms with Crippen molar-refractivity contribution < 1.29 is 9.18 Å². The van der Waals surface area contributed by atoms with E-state index < -0.39 is 6.04 Å². The highest BCUT2D eigenvalue weighted by Crippen LogP contribution is 2.21. The highest BCUT2D eigenvalue weighted by Gasteiger charge is 2.21. The maximum absolute atomic E-state index is 13.7. The van der Waals surface area contributed by atoms with Crippen molar-refractivity contribution in [3.8, 4) is 0 Å². The molecule has 154 valence electrons. The molecule has 1 unspecified atom stereocenters. The normalized spacial score (nSPS) is 12.1. The quantitative estimate of drug-likeness (QED) is 0.411. The van der Waals surface area contributed by atoms with E-state index in [9.17, 15) is 9.18 Å². The minimum atomic E-state index is -0.559. The van der Waals surface area contributed by atoms with Crippen molar-refractivity contribution in [2.24, 2.45) is 7.05 Å². The average Bonchev–Trinajstić information content (AvgIpc) is 3.35. The van der Waals surface area contributed by atoms with Crippen LogP contribution in [0.25, 0.3) is 11.0 Å². The molecule has 0 aliphatic carbocycles. The number of aromatic amines is 1. The molecule has 0 bridgehead atoms. The first-order valence-corrected chi connectivity index (χ1v) is 9.81. The summed E-state index contributed by atoms with van der Waals surface area (Å²) in [5, 5.41) is 5.76. The van der Waals surface area contributed by atoms with Gasteiger partial charge < -0.3 is 20.2 Å². The largest absolute Gasteiger partial charge is 0.342 e. The van der Waals surface area contributed by atoms with Gasteiger partial charge in [0.1, 0.15) is 23.5 Å². The highest BCUT2D eigenvalue weighted by atomic mass is 19.1. The molecular formula is C22H23FN6O. The first-order chi connectivity index (χ1) is 14.6. The lowest BCUT2D eigenvalue weighted by Gasteiger charge is -2.19. The summed E-state index contributed by atoms with van der Waals surface area (Å²) in [7, 11) is 1.83. The number of amides is 2. The van der Waals surface area contributed by atoms with Crippen LogP contribution in [0.4, 0.5) is 9.18 Å². The maximum atomic E-state index is 13.7. The zero-order valence-electron chi connectivity index (χ0n) is 16.6. The first kappa shape index (κ1) is 19.6. The number of imidazole rings is 2. The molecule has 1 atom stereocenters. The number of nitrogens with one attached hydrogen (secondary N) is 3. The van der Waals surface area contributed by atoms with Gasteiger partial charge in [0.15, 0.2) is 0 Å².